The van der Waals surface area contributed by atoms with Gasteiger partial charge in [-0.15, -0.1) is 0 Å². The highest BCUT2D eigenvalue weighted by Crippen LogP contribution is 2.47. The molecule has 0 bridgehead atoms. The van der Waals surface area contributed by atoms with Gasteiger partial charge >= 0.3 is 6.09 Å². The second-order valence-electron chi connectivity index (χ2n) is 8.58. The van der Waals surface area contributed by atoms with Crippen LogP contribution in [-0.4, -0.2) is 50.0 Å². The molecule has 0 aromatic heterocycles. The predicted octanol–water partition coefficient (Wildman–Crippen LogP) is 5.07. The summed E-state index contributed by atoms with van der Waals surface area (Å²) in [6.45, 7) is 4.78. The Hall–Kier alpha value is -2.44. The standard InChI is InChI=1S/C22H32N4O4/c1-3-4-12-29-17-21(15-24-25-23)10-5-11-22(14-21)16-26(20(27)30-22)13-18-6-8-19(28-2)9-7-18/h6-9H,3-5,10-17H2,1-2H3/t21-,22+/m1/s1. The Morgan fingerprint density at radius 3 is 2.80 bits per heavy atom. The van der Waals surface area contributed by atoms with Gasteiger partial charge in [0.1, 0.15) is 11.4 Å². The molecular weight excluding hydrogens is 384 g/mol. The number of hydrogen-bond donors (Lipinski definition) is 0. The van der Waals surface area contributed by atoms with Gasteiger partial charge in [-0.1, -0.05) is 30.6 Å². The third-order valence-corrected chi connectivity index (χ3v) is 6.13. The molecule has 2 aliphatic rings. The van der Waals surface area contributed by atoms with Crippen LogP contribution in [0.1, 0.15) is 51.0 Å². The summed E-state index contributed by atoms with van der Waals surface area (Å²) >= 11 is 0. The van der Waals surface area contributed by atoms with Gasteiger partial charge in [0, 0.05) is 30.0 Å². The van der Waals surface area contributed by atoms with E-state index in [9.17, 15) is 4.79 Å². The quantitative estimate of drug-likeness (QED) is 0.230. The van der Waals surface area contributed by atoms with Crippen LogP contribution in [0.2, 0.25) is 0 Å². The van der Waals surface area contributed by atoms with Crippen LogP contribution in [0.25, 0.3) is 10.4 Å². The van der Waals surface area contributed by atoms with Crippen molar-refractivity contribution in [1.29, 1.82) is 0 Å². The Labute approximate surface area is 178 Å². The molecule has 1 aliphatic carbocycles. The van der Waals surface area contributed by atoms with E-state index in [2.05, 4.69) is 16.9 Å². The van der Waals surface area contributed by atoms with Crippen molar-refractivity contribution in [3.8, 4) is 5.75 Å². The average molecular weight is 417 g/mol. The largest absolute Gasteiger partial charge is 0.497 e. The van der Waals surface area contributed by atoms with Crippen LogP contribution in [0.15, 0.2) is 29.4 Å². The van der Waals surface area contributed by atoms with Crippen molar-refractivity contribution < 1.29 is 19.0 Å². The number of carbonyl (C=O) groups is 1. The number of carbonyl (C=O) groups excluding carboxylic acids is 1. The summed E-state index contributed by atoms with van der Waals surface area (Å²) in [7, 11) is 1.63. The summed E-state index contributed by atoms with van der Waals surface area (Å²) in [6.07, 6.45) is 5.12. The number of nitrogens with zero attached hydrogens (tertiary/aromatic N) is 4. The lowest BCUT2D eigenvalue weighted by molar-refractivity contribution is -0.0597. The summed E-state index contributed by atoms with van der Waals surface area (Å²) < 4.78 is 17.1. The second kappa shape index (κ2) is 10.0. The molecule has 1 heterocycles. The van der Waals surface area contributed by atoms with Gasteiger partial charge in [-0.2, -0.15) is 0 Å². The summed E-state index contributed by atoms with van der Waals surface area (Å²) in [5, 5.41) is 3.88. The van der Waals surface area contributed by atoms with E-state index in [4.69, 9.17) is 19.7 Å². The van der Waals surface area contributed by atoms with Crippen molar-refractivity contribution in [2.75, 3.05) is 33.4 Å². The van der Waals surface area contributed by atoms with Crippen molar-refractivity contribution in [3.63, 3.8) is 0 Å². The topological polar surface area (TPSA) is 96.8 Å². The normalized spacial score (nSPS) is 25.8. The van der Waals surface area contributed by atoms with Crippen molar-refractivity contribution in [1.82, 2.24) is 4.90 Å². The Morgan fingerprint density at radius 2 is 2.10 bits per heavy atom. The van der Waals surface area contributed by atoms with E-state index < -0.39 is 5.60 Å². The number of rotatable bonds is 10. The Balaban J connectivity index is 1.69. The molecule has 164 valence electrons. The lowest BCUT2D eigenvalue weighted by Gasteiger charge is -2.44. The Morgan fingerprint density at radius 1 is 1.30 bits per heavy atom. The molecule has 1 aromatic carbocycles. The van der Waals surface area contributed by atoms with E-state index >= 15 is 0 Å². The van der Waals surface area contributed by atoms with E-state index in [1.807, 2.05) is 24.3 Å². The molecule has 2 atom stereocenters. The molecule has 1 spiro atoms. The molecular formula is C22H32N4O4. The second-order valence-corrected chi connectivity index (χ2v) is 8.58. The van der Waals surface area contributed by atoms with Crippen molar-refractivity contribution in [2.45, 2.75) is 57.6 Å². The molecule has 0 N–H and O–H groups in total. The first kappa shape index (κ1) is 22.2. The first-order chi connectivity index (χ1) is 14.5. The molecule has 1 saturated carbocycles. The van der Waals surface area contributed by atoms with E-state index in [1.165, 1.54) is 0 Å². The van der Waals surface area contributed by atoms with Crippen LogP contribution >= 0.6 is 0 Å². The number of methoxy groups -OCH3 is 1. The van der Waals surface area contributed by atoms with Gasteiger partial charge in [0.15, 0.2) is 0 Å². The van der Waals surface area contributed by atoms with E-state index in [0.717, 1.165) is 43.4 Å². The predicted molar refractivity (Wildman–Crippen MR) is 113 cm³/mol. The van der Waals surface area contributed by atoms with Gasteiger partial charge in [0.25, 0.3) is 0 Å². The van der Waals surface area contributed by atoms with Crippen LogP contribution in [0.5, 0.6) is 5.75 Å². The van der Waals surface area contributed by atoms with Crippen LogP contribution in [0, 0.1) is 5.41 Å². The minimum absolute atomic E-state index is 0.280. The van der Waals surface area contributed by atoms with Crippen molar-refractivity contribution >= 4 is 6.09 Å². The fourth-order valence-corrected chi connectivity index (χ4v) is 4.65. The first-order valence-corrected chi connectivity index (χ1v) is 10.7. The smallest absolute Gasteiger partial charge is 0.410 e. The van der Waals surface area contributed by atoms with Crippen LogP contribution in [-0.2, 0) is 16.0 Å². The van der Waals surface area contributed by atoms with Gasteiger partial charge in [-0.25, -0.2) is 4.79 Å². The molecule has 0 radical (unpaired) electrons. The van der Waals surface area contributed by atoms with E-state index in [0.29, 0.717) is 39.3 Å². The lowest BCUT2D eigenvalue weighted by atomic mass is 9.67. The summed E-state index contributed by atoms with van der Waals surface area (Å²) in [5.41, 5.74) is 9.09. The van der Waals surface area contributed by atoms with Crippen LogP contribution < -0.4 is 4.74 Å². The lowest BCUT2D eigenvalue weighted by Crippen LogP contribution is -2.47. The number of amides is 1. The summed E-state index contributed by atoms with van der Waals surface area (Å²) in [4.78, 5) is 17.4. The van der Waals surface area contributed by atoms with Crippen LogP contribution in [0.4, 0.5) is 4.79 Å². The molecule has 1 saturated heterocycles. The minimum Gasteiger partial charge on any atom is -0.497 e. The molecule has 3 rings (SSSR count). The fourth-order valence-electron chi connectivity index (χ4n) is 4.65. The SMILES string of the molecule is CCCCOC[C@]1(CN=[N+]=[N-])CCC[C@@]2(CN(Cc3ccc(OC)cc3)C(=O)O2)C1. The molecule has 8 heteroatoms. The highest BCUT2D eigenvalue weighted by Gasteiger charge is 2.52. The van der Waals surface area contributed by atoms with Gasteiger partial charge in [-0.05, 0) is 55.3 Å². The highest BCUT2D eigenvalue weighted by atomic mass is 16.6. The number of ether oxygens (including phenoxy) is 3. The maximum absolute atomic E-state index is 12.7. The molecule has 0 unspecified atom stereocenters. The number of benzene rings is 1. The zero-order valence-electron chi connectivity index (χ0n) is 18.0. The zero-order chi connectivity index (χ0) is 21.5. The Bertz CT molecular complexity index is 765. The minimum atomic E-state index is -0.541. The Kier molecular flexibility index (Phi) is 7.45. The zero-order valence-corrected chi connectivity index (χ0v) is 18.0. The molecule has 1 aliphatic heterocycles. The number of unbranched alkanes of at least 4 members (excludes halogenated alkanes) is 1. The molecule has 2 fully saturated rings. The maximum atomic E-state index is 12.7. The third-order valence-electron chi connectivity index (χ3n) is 6.13. The van der Waals surface area contributed by atoms with Gasteiger partial charge in [0.05, 0.1) is 20.3 Å². The molecule has 8 nitrogen and oxygen atoms in total. The van der Waals surface area contributed by atoms with Gasteiger partial charge in [0.2, 0.25) is 0 Å². The number of azide groups is 1. The first-order valence-electron chi connectivity index (χ1n) is 10.7. The average Bonchev–Trinajstić information content (AvgIpc) is 3.04. The maximum Gasteiger partial charge on any atom is 0.410 e. The van der Waals surface area contributed by atoms with Crippen molar-refractivity contribution in [2.24, 2.45) is 10.5 Å². The highest BCUT2D eigenvalue weighted by molar-refractivity contribution is 5.70. The van der Waals surface area contributed by atoms with Crippen LogP contribution in [0.3, 0.4) is 0 Å². The molecule has 30 heavy (non-hydrogen) atoms. The van der Waals surface area contributed by atoms with E-state index in [-0.39, 0.29) is 11.5 Å². The third kappa shape index (κ3) is 5.37. The van der Waals surface area contributed by atoms with Gasteiger partial charge < -0.3 is 14.2 Å². The van der Waals surface area contributed by atoms with Gasteiger partial charge in [-0.3, -0.25) is 4.90 Å². The summed E-state index contributed by atoms with van der Waals surface area (Å²) in [6, 6.07) is 7.72. The molecule has 1 amide bonds. The monoisotopic (exact) mass is 416 g/mol. The van der Waals surface area contributed by atoms with Crippen molar-refractivity contribution in [3.05, 3.63) is 40.3 Å². The number of hydrogen-bond acceptors (Lipinski definition) is 5. The fraction of sp³-hybridized carbons (Fsp3) is 0.682. The molecule has 1 aromatic rings. The summed E-state index contributed by atoms with van der Waals surface area (Å²) in [5.74, 6) is 0.789. The van der Waals surface area contributed by atoms with E-state index in [1.54, 1.807) is 12.0 Å².